The number of nitrogens with zero attached hydrogens (tertiary/aromatic N) is 2. The molecule has 0 amide bonds. The third kappa shape index (κ3) is 3.04. The summed E-state index contributed by atoms with van der Waals surface area (Å²) in [6, 6.07) is 10.8. The number of methoxy groups -OCH3 is 2. The summed E-state index contributed by atoms with van der Waals surface area (Å²) in [5.41, 5.74) is 1.45. The third-order valence-electron chi connectivity index (χ3n) is 4.71. The Kier molecular flexibility index (Phi) is 4.41. The molecule has 4 rings (SSSR count). The molecular formula is C20H18F3N3O2. The van der Waals surface area contributed by atoms with Gasteiger partial charge in [0.05, 0.1) is 31.2 Å². The van der Waals surface area contributed by atoms with E-state index in [9.17, 15) is 13.2 Å². The second-order valence-corrected chi connectivity index (χ2v) is 6.38. The van der Waals surface area contributed by atoms with E-state index in [-0.39, 0.29) is 5.69 Å². The van der Waals surface area contributed by atoms with E-state index < -0.39 is 11.7 Å². The lowest BCUT2D eigenvalue weighted by molar-refractivity contribution is -0.137. The Balaban J connectivity index is 1.92. The SMILES string of the molecule is COc1cc(OC)cc(-c2nn(-c3ccccc3C(F)(F)F)c3c2CCN3)c1. The molecule has 0 spiro atoms. The van der Waals surface area contributed by atoms with Crippen LogP contribution in [0.2, 0.25) is 0 Å². The van der Waals surface area contributed by atoms with E-state index in [1.165, 1.54) is 16.8 Å². The molecule has 0 fully saturated rings. The Labute approximate surface area is 159 Å². The summed E-state index contributed by atoms with van der Waals surface area (Å²) in [7, 11) is 3.09. The number of benzene rings is 2. The Morgan fingerprint density at radius 2 is 1.71 bits per heavy atom. The average molecular weight is 389 g/mol. The third-order valence-corrected chi connectivity index (χ3v) is 4.71. The van der Waals surface area contributed by atoms with Crippen molar-refractivity contribution in [3.8, 4) is 28.4 Å². The minimum absolute atomic E-state index is 0.0123. The maximum atomic E-state index is 13.5. The first-order valence-electron chi connectivity index (χ1n) is 8.68. The van der Waals surface area contributed by atoms with Crippen LogP contribution in [0, 0.1) is 0 Å². The van der Waals surface area contributed by atoms with Gasteiger partial charge < -0.3 is 14.8 Å². The molecule has 0 unspecified atom stereocenters. The molecule has 2 heterocycles. The average Bonchev–Trinajstić information content (AvgIpc) is 3.29. The van der Waals surface area contributed by atoms with Gasteiger partial charge in [-0.15, -0.1) is 0 Å². The van der Waals surface area contributed by atoms with Crippen LogP contribution in [-0.2, 0) is 12.6 Å². The number of ether oxygens (including phenoxy) is 2. The molecule has 0 bridgehead atoms. The second kappa shape index (κ2) is 6.78. The van der Waals surface area contributed by atoms with Crippen LogP contribution >= 0.6 is 0 Å². The molecule has 28 heavy (non-hydrogen) atoms. The zero-order valence-electron chi connectivity index (χ0n) is 15.3. The van der Waals surface area contributed by atoms with Gasteiger partial charge in [-0.2, -0.15) is 18.3 Å². The standard InChI is InChI=1S/C20H18F3N3O2/c1-27-13-9-12(10-14(11-13)28-2)18-15-7-8-24-19(15)26(25-18)17-6-4-3-5-16(17)20(21,22)23/h3-6,9-11,24H,7-8H2,1-2H3. The molecule has 8 heteroatoms. The van der Waals surface area contributed by atoms with E-state index in [1.54, 1.807) is 38.5 Å². The number of fused-ring (bicyclic) bond motifs is 1. The van der Waals surface area contributed by atoms with Crippen LogP contribution in [0.5, 0.6) is 11.5 Å². The second-order valence-electron chi connectivity index (χ2n) is 6.38. The molecule has 0 aliphatic carbocycles. The van der Waals surface area contributed by atoms with Gasteiger partial charge in [0.25, 0.3) is 0 Å². The van der Waals surface area contributed by atoms with E-state index in [0.717, 1.165) is 17.2 Å². The Hall–Kier alpha value is -3.16. The van der Waals surface area contributed by atoms with E-state index in [2.05, 4.69) is 10.4 Å². The van der Waals surface area contributed by atoms with Crippen molar-refractivity contribution in [1.82, 2.24) is 9.78 Å². The van der Waals surface area contributed by atoms with Crippen molar-refractivity contribution < 1.29 is 22.6 Å². The van der Waals surface area contributed by atoms with Gasteiger partial charge in [-0.05, 0) is 30.7 Å². The smallest absolute Gasteiger partial charge is 0.418 e. The zero-order valence-corrected chi connectivity index (χ0v) is 15.3. The molecule has 3 aromatic rings. The highest BCUT2D eigenvalue weighted by atomic mass is 19.4. The molecule has 1 aliphatic heterocycles. The minimum Gasteiger partial charge on any atom is -0.497 e. The molecule has 0 saturated carbocycles. The summed E-state index contributed by atoms with van der Waals surface area (Å²) in [5.74, 6) is 1.74. The quantitative estimate of drug-likeness (QED) is 0.712. The van der Waals surface area contributed by atoms with Gasteiger partial charge in [-0.25, -0.2) is 4.68 Å². The number of para-hydroxylation sites is 1. The summed E-state index contributed by atoms with van der Waals surface area (Å²) in [5, 5.41) is 7.70. The Morgan fingerprint density at radius 3 is 2.36 bits per heavy atom. The molecule has 5 nitrogen and oxygen atoms in total. The normalized spacial score (nSPS) is 13.2. The summed E-state index contributed by atoms with van der Waals surface area (Å²) < 4.78 is 52.5. The summed E-state index contributed by atoms with van der Waals surface area (Å²) in [6.07, 6.45) is -3.81. The van der Waals surface area contributed by atoms with Crippen LogP contribution in [0.25, 0.3) is 16.9 Å². The number of nitrogens with one attached hydrogen (secondary N) is 1. The van der Waals surface area contributed by atoms with Crippen LogP contribution in [0.4, 0.5) is 19.0 Å². The number of alkyl halides is 3. The first kappa shape index (κ1) is 18.2. The summed E-state index contributed by atoms with van der Waals surface area (Å²) >= 11 is 0. The Bertz CT molecular complexity index is 1010. The zero-order chi connectivity index (χ0) is 19.9. The van der Waals surface area contributed by atoms with Gasteiger partial charge in [0.1, 0.15) is 17.3 Å². The number of aromatic nitrogens is 2. The lowest BCUT2D eigenvalue weighted by Crippen LogP contribution is -2.13. The predicted octanol–water partition coefficient (Wildman–Crippen LogP) is 4.54. The summed E-state index contributed by atoms with van der Waals surface area (Å²) in [4.78, 5) is 0. The maximum Gasteiger partial charge on any atom is 0.418 e. The number of rotatable bonds is 4. The molecule has 0 atom stereocenters. The van der Waals surface area contributed by atoms with Crippen molar-refractivity contribution in [2.24, 2.45) is 0 Å². The number of hydrogen-bond donors (Lipinski definition) is 1. The first-order chi connectivity index (χ1) is 13.4. The van der Waals surface area contributed by atoms with Gasteiger partial charge >= 0.3 is 6.18 Å². The van der Waals surface area contributed by atoms with E-state index in [0.29, 0.717) is 36.0 Å². The molecule has 1 aromatic heterocycles. The minimum atomic E-state index is -4.48. The molecule has 1 N–H and O–H groups in total. The first-order valence-corrected chi connectivity index (χ1v) is 8.68. The van der Waals surface area contributed by atoms with Crippen molar-refractivity contribution in [2.45, 2.75) is 12.6 Å². The molecular weight excluding hydrogens is 371 g/mol. The highest BCUT2D eigenvalue weighted by molar-refractivity contribution is 5.75. The lowest BCUT2D eigenvalue weighted by Gasteiger charge is -2.14. The van der Waals surface area contributed by atoms with Crippen LogP contribution in [-0.4, -0.2) is 30.5 Å². The lowest BCUT2D eigenvalue weighted by atomic mass is 10.1. The van der Waals surface area contributed by atoms with Crippen molar-refractivity contribution >= 4 is 5.82 Å². The van der Waals surface area contributed by atoms with Crippen LogP contribution in [0.3, 0.4) is 0 Å². The summed E-state index contributed by atoms with van der Waals surface area (Å²) in [6.45, 7) is 0.634. The van der Waals surface area contributed by atoms with E-state index in [1.807, 2.05) is 0 Å². The van der Waals surface area contributed by atoms with Crippen molar-refractivity contribution in [1.29, 1.82) is 0 Å². The van der Waals surface area contributed by atoms with Crippen LogP contribution in [0.1, 0.15) is 11.1 Å². The predicted molar refractivity (Wildman–Crippen MR) is 99.3 cm³/mol. The molecule has 1 aliphatic rings. The van der Waals surface area contributed by atoms with Crippen LogP contribution < -0.4 is 14.8 Å². The van der Waals surface area contributed by atoms with Crippen molar-refractivity contribution in [3.63, 3.8) is 0 Å². The maximum absolute atomic E-state index is 13.5. The fraction of sp³-hybridized carbons (Fsp3) is 0.250. The fourth-order valence-electron chi connectivity index (χ4n) is 3.42. The van der Waals surface area contributed by atoms with E-state index in [4.69, 9.17) is 9.47 Å². The molecule has 0 radical (unpaired) electrons. The largest absolute Gasteiger partial charge is 0.497 e. The van der Waals surface area contributed by atoms with Crippen molar-refractivity contribution in [2.75, 3.05) is 26.1 Å². The number of anilines is 1. The number of hydrogen-bond acceptors (Lipinski definition) is 4. The van der Waals surface area contributed by atoms with Gasteiger partial charge in [0.2, 0.25) is 0 Å². The highest BCUT2D eigenvalue weighted by Gasteiger charge is 2.35. The van der Waals surface area contributed by atoms with Crippen LogP contribution in [0.15, 0.2) is 42.5 Å². The topological polar surface area (TPSA) is 48.3 Å². The monoisotopic (exact) mass is 389 g/mol. The molecule has 146 valence electrons. The van der Waals surface area contributed by atoms with E-state index >= 15 is 0 Å². The van der Waals surface area contributed by atoms with Gasteiger partial charge in [0.15, 0.2) is 0 Å². The highest BCUT2D eigenvalue weighted by Crippen LogP contribution is 2.40. The van der Waals surface area contributed by atoms with Gasteiger partial charge in [-0.3, -0.25) is 0 Å². The van der Waals surface area contributed by atoms with Crippen molar-refractivity contribution in [3.05, 3.63) is 53.6 Å². The molecule has 0 saturated heterocycles. The Morgan fingerprint density at radius 1 is 1.04 bits per heavy atom. The van der Waals surface area contributed by atoms with Gasteiger partial charge in [-0.1, -0.05) is 12.1 Å². The molecule has 2 aromatic carbocycles. The fourth-order valence-corrected chi connectivity index (χ4v) is 3.42. The van der Waals surface area contributed by atoms with Gasteiger partial charge in [0, 0.05) is 23.7 Å². The number of halogens is 3.